The van der Waals surface area contributed by atoms with Crippen LogP contribution in [0.1, 0.15) is 44.6 Å². The van der Waals surface area contributed by atoms with Gasteiger partial charge in [0.2, 0.25) is 5.91 Å². The van der Waals surface area contributed by atoms with E-state index < -0.39 is 25.8 Å². The minimum Gasteiger partial charge on any atom is -0.278 e. The fourth-order valence-electron chi connectivity index (χ4n) is 2.74. The summed E-state index contributed by atoms with van der Waals surface area (Å²) in [5, 5.41) is 0. The Morgan fingerprint density at radius 1 is 1.28 bits per heavy atom. The molecule has 2 rings (SSSR count). The second kappa shape index (κ2) is 7.84. The summed E-state index contributed by atoms with van der Waals surface area (Å²) in [7, 11) is -6.92. The van der Waals surface area contributed by atoms with Crippen LogP contribution in [0.3, 0.4) is 0 Å². The molecule has 1 saturated heterocycles. The Kier molecular flexibility index (Phi) is 6.23. The molecule has 0 bridgehead atoms. The molecule has 0 radical (unpaired) electrons. The van der Waals surface area contributed by atoms with Crippen LogP contribution in [0.4, 0.5) is 0 Å². The van der Waals surface area contributed by atoms with Gasteiger partial charge in [-0.1, -0.05) is 26.0 Å². The van der Waals surface area contributed by atoms with E-state index in [1.165, 1.54) is 12.1 Å². The molecule has 2 atom stereocenters. The van der Waals surface area contributed by atoms with Gasteiger partial charge in [-0.3, -0.25) is 10.2 Å². The fraction of sp³-hybridized carbons (Fsp3) is 0.562. The van der Waals surface area contributed by atoms with E-state index in [1.807, 2.05) is 0 Å². The van der Waals surface area contributed by atoms with Gasteiger partial charge in [0.05, 0.1) is 16.4 Å². The van der Waals surface area contributed by atoms with Crippen molar-refractivity contribution in [3.8, 4) is 0 Å². The largest absolute Gasteiger partial charge is 0.278 e. The zero-order valence-corrected chi connectivity index (χ0v) is 16.0. The molecular weight excluding hydrogens is 364 g/mol. The highest BCUT2D eigenvalue weighted by molar-refractivity contribution is 7.91. The van der Waals surface area contributed by atoms with Gasteiger partial charge in [0.25, 0.3) is 10.0 Å². The lowest BCUT2D eigenvalue weighted by Gasteiger charge is -2.12. The summed E-state index contributed by atoms with van der Waals surface area (Å²) in [6.45, 7) is 4.12. The van der Waals surface area contributed by atoms with E-state index in [0.717, 1.165) is 12.0 Å². The van der Waals surface area contributed by atoms with Crippen LogP contribution in [0.25, 0.3) is 0 Å². The minimum atomic E-state index is -3.86. The van der Waals surface area contributed by atoms with Gasteiger partial charge in [-0.15, -0.1) is 4.83 Å². The number of carbonyl (C=O) groups excluding carboxylic acids is 1. The first-order chi connectivity index (χ1) is 11.6. The highest BCUT2D eigenvalue weighted by Gasteiger charge is 2.29. The van der Waals surface area contributed by atoms with E-state index >= 15 is 0 Å². The Hall–Kier alpha value is -1.45. The van der Waals surface area contributed by atoms with Gasteiger partial charge >= 0.3 is 0 Å². The van der Waals surface area contributed by atoms with Gasteiger partial charge in [0, 0.05) is 6.42 Å². The fourth-order valence-corrected chi connectivity index (χ4v) is 5.46. The number of hydrazine groups is 1. The quantitative estimate of drug-likeness (QED) is 0.685. The second-order valence-electron chi connectivity index (χ2n) is 6.51. The first kappa shape index (κ1) is 19.9. The summed E-state index contributed by atoms with van der Waals surface area (Å²) in [4.78, 5) is 14.0. The van der Waals surface area contributed by atoms with Crippen LogP contribution in [-0.4, -0.2) is 34.2 Å². The molecule has 9 heteroatoms. The van der Waals surface area contributed by atoms with Crippen LogP contribution >= 0.6 is 0 Å². The summed E-state index contributed by atoms with van der Waals surface area (Å²) in [6.07, 6.45) is 1.37. The van der Waals surface area contributed by atoms with E-state index in [9.17, 15) is 21.6 Å². The van der Waals surface area contributed by atoms with E-state index in [-0.39, 0.29) is 28.7 Å². The molecule has 140 valence electrons. The van der Waals surface area contributed by atoms with Crippen LogP contribution in [0.2, 0.25) is 0 Å². The lowest BCUT2D eigenvalue weighted by molar-refractivity contribution is -0.122. The molecule has 1 aromatic carbocycles. The molecule has 25 heavy (non-hydrogen) atoms. The van der Waals surface area contributed by atoms with Crippen LogP contribution in [-0.2, 0) is 24.7 Å². The SMILES string of the molecule is CC[C@H](C)c1ccc(S(=O)(=O)NNC(=O)C[C@@H]2CCS(=O)(=O)C2)cc1. The summed E-state index contributed by atoms with van der Waals surface area (Å²) in [6, 6.07) is 6.51. The third kappa shape index (κ3) is 5.52. The van der Waals surface area contributed by atoms with E-state index in [4.69, 9.17) is 0 Å². The third-order valence-corrected chi connectivity index (χ3v) is 7.60. The Morgan fingerprint density at radius 3 is 2.44 bits per heavy atom. The van der Waals surface area contributed by atoms with Gasteiger partial charge in [-0.25, -0.2) is 16.8 Å². The highest BCUT2D eigenvalue weighted by atomic mass is 32.2. The third-order valence-electron chi connectivity index (χ3n) is 4.50. The van der Waals surface area contributed by atoms with Crippen molar-refractivity contribution in [2.75, 3.05) is 11.5 Å². The maximum absolute atomic E-state index is 12.2. The second-order valence-corrected chi connectivity index (χ2v) is 10.4. The van der Waals surface area contributed by atoms with Crippen molar-refractivity contribution in [1.82, 2.24) is 10.3 Å². The van der Waals surface area contributed by atoms with Gasteiger partial charge in [-0.2, -0.15) is 0 Å². The molecule has 1 aliphatic heterocycles. The van der Waals surface area contributed by atoms with E-state index in [2.05, 4.69) is 24.1 Å². The van der Waals surface area contributed by atoms with Crippen molar-refractivity contribution < 1.29 is 21.6 Å². The number of nitrogens with one attached hydrogen (secondary N) is 2. The Labute approximate surface area is 149 Å². The molecule has 2 N–H and O–H groups in total. The average Bonchev–Trinajstić information content (AvgIpc) is 2.91. The number of benzene rings is 1. The normalized spacial score (nSPS) is 21.0. The monoisotopic (exact) mass is 388 g/mol. The molecule has 0 unspecified atom stereocenters. The zero-order chi connectivity index (χ0) is 18.7. The standard InChI is InChI=1S/C16H24N2O5S2/c1-3-12(2)14-4-6-15(7-5-14)25(22,23)18-17-16(19)10-13-8-9-24(20,21)11-13/h4-7,12-13,18H,3,8-11H2,1-2H3,(H,17,19)/t12-,13-/m0/s1. The van der Waals surface area contributed by atoms with Crippen LogP contribution in [0.15, 0.2) is 29.2 Å². The average molecular weight is 389 g/mol. The number of hydrogen-bond donors (Lipinski definition) is 2. The smallest absolute Gasteiger partial charge is 0.257 e. The molecule has 7 nitrogen and oxygen atoms in total. The predicted octanol–water partition coefficient (Wildman–Crippen LogP) is 1.33. The molecule has 1 fully saturated rings. The molecule has 0 aliphatic carbocycles. The minimum absolute atomic E-state index is 0.0191. The van der Waals surface area contributed by atoms with Crippen molar-refractivity contribution >= 4 is 25.8 Å². The summed E-state index contributed by atoms with van der Waals surface area (Å²) in [5.41, 5.74) is 3.20. The summed E-state index contributed by atoms with van der Waals surface area (Å²) < 4.78 is 47.2. The van der Waals surface area contributed by atoms with Gasteiger partial charge in [0.1, 0.15) is 0 Å². The molecule has 0 spiro atoms. The van der Waals surface area contributed by atoms with E-state index in [1.54, 1.807) is 12.1 Å². The molecule has 0 aromatic heterocycles. The maximum atomic E-state index is 12.2. The topological polar surface area (TPSA) is 109 Å². The van der Waals surface area contributed by atoms with Gasteiger partial charge in [0.15, 0.2) is 9.84 Å². The van der Waals surface area contributed by atoms with Crippen LogP contribution in [0, 0.1) is 5.92 Å². The zero-order valence-electron chi connectivity index (χ0n) is 14.4. The maximum Gasteiger partial charge on any atom is 0.257 e. The summed E-state index contributed by atoms with van der Waals surface area (Å²) >= 11 is 0. The molecule has 1 aliphatic rings. The van der Waals surface area contributed by atoms with Crippen molar-refractivity contribution in [1.29, 1.82) is 0 Å². The Morgan fingerprint density at radius 2 is 1.92 bits per heavy atom. The first-order valence-electron chi connectivity index (χ1n) is 8.24. The van der Waals surface area contributed by atoms with E-state index in [0.29, 0.717) is 12.3 Å². The molecule has 1 amide bonds. The van der Waals surface area contributed by atoms with Gasteiger partial charge in [-0.05, 0) is 42.4 Å². The number of sulfonamides is 1. The first-order valence-corrected chi connectivity index (χ1v) is 11.5. The molecule has 0 saturated carbocycles. The lowest BCUT2D eigenvalue weighted by Crippen LogP contribution is -2.42. The predicted molar refractivity (Wildman–Crippen MR) is 95.0 cm³/mol. The molecular formula is C16H24N2O5S2. The number of amides is 1. The van der Waals surface area contributed by atoms with Crippen molar-refractivity contribution in [2.24, 2.45) is 5.92 Å². The Bertz CT molecular complexity index is 817. The van der Waals surface area contributed by atoms with Gasteiger partial charge < -0.3 is 0 Å². The Balaban J connectivity index is 1.91. The number of sulfone groups is 1. The summed E-state index contributed by atoms with van der Waals surface area (Å²) in [5.74, 6) is -0.401. The molecule has 1 aromatic rings. The number of rotatable bonds is 7. The number of hydrogen-bond acceptors (Lipinski definition) is 5. The highest BCUT2D eigenvalue weighted by Crippen LogP contribution is 2.22. The number of carbonyl (C=O) groups is 1. The van der Waals surface area contributed by atoms with Crippen molar-refractivity contribution in [3.63, 3.8) is 0 Å². The molecule has 1 heterocycles. The van der Waals surface area contributed by atoms with Crippen molar-refractivity contribution in [2.45, 2.75) is 43.9 Å². The van der Waals surface area contributed by atoms with Crippen LogP contribution in [0.5, 0.6) is 0 Å². The lowest BCUT2D eigenvalue weighted by atomic mass is 9.99. The van der Waals surface area contributed by atoms with Crippen molar-refractivity contribution in [3.05, 3.63) is 29.8 Å². The van der Waals surface area contributed by atoms with Crippen LogP contribution < -0.4 is 10.3 Å².